The van der Waals surface area contributed by atoms with Crippen molar-refractivity contribution < 1.29 is 26.8 Å². The SMILES string of the molecule is CCCCCCCCCCO.CCCCCCCC[N-]CCCCCCCC.CCCCCCCC[N-]CCCCCCCC.[Ti+2]. The molecule has 0 unspecified atom stereocenters. The minimum atomic E-state index is 0. The molecule has 0 spiro atoms. The first kappa shape index (κ1) is 53.4. The minimum absolute atomic E-state index is 0. The summed E-state index contributed by atoms with van der Waals surface area (Å²) in [6.07, 6.45) is 43.6. The van der Waals surface area contributed by atoms with Crippen LogP contribution in [0.2, 0.25) is 0 Å². The zero-order valence-electron chi connectivity index (χ0n) is 33.0. The summed E-state index contributed by atoms with van der Waals surface area (Å²) in [7, 11) is 0. The predicted octanol–water partition coefficient (Wildman–Crippen LogP) is 15.3. The van der Waals surface area contributed by atoms with E-state index in [2.05, 4.69) is 45.3 Å². The van der Waals surface area contributed by atoms with Gasteiger partial charge in [-0.15, -0.1) is 26.2 Å². The van der Waals surface area contributed by atoms with Gasteiger partial charge in [0, 0.05) is 6.61 Å². The van der Waals surface area contributed by atoms with Crippen molar-refractivity contribution in [2.24, 2.45) is 0 Å². The Morgan fingerprint density at radius 3 is 0.630 bits per heavy atom. The van der Waals surface area contributed by atoms with E-state index in [1.54, 1.807) is 0 Å². The smallest absolute Gasteiger partial charge is 0.662 e. The number of unbranched alkanes of at least 4 members (excludes halogenated alkanes) is 27. The summed E-state index contributed by atoms with van der Waals surface area (Å²) < 4.78 is 0. The Morgan fingerprint density at radius 1 is 0.261 bits per heavy atom. The third kappa shape index (κ3) is 63.3. The summed E-state index contributed by atoms with van der Waals surface area (Å²) in [5.41, 5.74) is 0. The van der Waals surface area contributed by atoms with Crippen LogP contribution in [0.15, 0.2) is 0 Å². The van der Waals surface area contributed by atoms with Crippen molar-refractivity contribution in [1.29, 1.82) is 0 Å². The molecule has 278 valence electrons. The molecule has 0 aromatic carbocycles. The molecule has 0 saturated heterocycles. The number of nitrogens with zero attached hydrogens (tertiary/aromatic N) is 2. The fraction of sp³-hybridized carbons (Fsp3) is 1.00. The molecule has 0 radical (unpaired) electrons. The molecule has 0 heterocycles. The van der Waals surface area contributed by atoms with E-state index in [-0.39, 0.29) is 21.7 Å². The molecule has 3 nitrogen and oxygen atoms in total. The van der Waals surface area contributed by atoms with Crippen LogP contribution in [0.25, 0.3) is 10.6 Å². The summed E-state index contributed by atoms with van der Waals surface area (Å²) in [5.74, 6) is 0. The largest absolute Gasteiger partial charge is 2.00 e. The zero-order valence-corrected chi connectivity index (χ0v) is 34.6. The average Bonchev–Trinajstić information content (AvgIpc) is 3.06. The Kier molecular flexibility index (Phi) is 67.1. The van der Waals surface area contributed by atoms with E-state index in [0.717, 1.165) is 32.6 Å². The van der Waals surface area contributed by atoms with Crippen molar-refractivity contribution in [3.8, 4) is 0 Å². The van der Waals surface area contributed by atoms with Gasteiger partial charge in [-0.3, -0.25) is 0 Å². The maximum atomic E-state index is 8.51. The number of rotatable bonds is 36. The summed E-state index contributed by atoms with van der Waals surface area (Å²) in [4.78, 5) is 0. The molecule has 0 aromatic rings. The van der Waals surface area contributed by atoms with E-state index < -0.39 is 0 Å². The first-order chi connectivity index (χ1) is 22.2. The van der Waals surface area contributed by atoms with Crippen LogP contribution >= 0.6 is 0 Å². The van der Waals surface area contributed by atoms with Gasteiger partial charge in [-0.25, -0.2) is 0 Å². The molecule has 0 aliphatic carbocycles. The van der Waals surface area contributed by atoms with Crippen molar-refractivity contribution in [2.75, 3.05) is 32.8 Å². The van der Waals surface area contributed by atoms with Crippen molar-refractivity contribution in [2.45, 2.75) is 240 Å². The van der Waals surface area contributed by atoms with E-state index in [1.807, 2.05) is 0 Å². The van der Waals surface area contributed by atoms with Crippen LogP contribution < -0.4 is 0 Å². The van der Waals surface area contributed by atoms with Gasteiger partial charge in [0.05, 0.1) is 0 Å². The molecular formula is C42H90N2OTi. The molecule has 0 amide bonds. The van der Waals surface area contributed by atoms with Gasteiger partial charge in [-0.2, -0.15) is 0 Å². The van der Waals surface area contributed by atoms with Crippen LogP contribution in [-0.4, -0.2) is 37.9 Å². The molecule has 0 aliphatic heterocycles. The fourth-order valence-corrected chi connectivity index (χ4v) is 5.49. The normalized spacial score (nSPS) is 10.6. The van der Waals surface area contributed by atoms with Gasteiger partial charge in [0.25, 0.3) is 0 Å². The summed E-state index contributed by atoms with van der Waals surface area (Å²) in [6.45, 7) is 16.2. The van der Waals surface area contributed by atoms with Gasteiger partial charge in [-0.05, 0) is 6.42 Å². The first-order valence-electron chi connectivity index (χ1n) is 21.1. The Morgan fingerprint density at radius 2 is 0.435 bits per heavy atom. The third-order valence-electron chi connectivity index (χ3n) is 8.69. The Hall–Kier alpha value is 0.594. The predicted molar refractivity (Wildman–Crippen MR) is 209 cm³/mol. The summed E-state index contributed by atoms with van der Waals surface area (Å²) in [5, 5.41) is 17.7. The zero-order chi connectivity index (χ0) is 33.6. The van der Waals surface area contributed by atoms with Gasteiger partial charge in [0.15, 0.2) is 0 Å². The van der Waals surface area contributed by atoms with E-state index in [4.69, 9.17) is 5.11 Å². The van der Waals surface area contributed by atoms with Crippen LogP contribution in [0.5, 0.6) is 0 Å². The van der Waals surface area contributed by atoms with Crippen LogP contribution in [0.4, 0.5) is 0 Å². The monoisotopic (exact) mass is 687 g/mol. The summed E-state index contributed by atoms with van der Waals surface area (Å²) in [6, 6.07) is 0. The minimum Gasteiger partial charge on any atom is -0.662 e. The summed E-state index contributed by atoms with van der Waals surface area (Å²) >= 11 is 0. The topological polar surface area (TPSA) is 48.4 Å². The maximum Gasteiger partial charge on any atom is 2.00 e. The van der Waals surface area contributed by atoms with Crippen molar-refractivity contribution >= 4 is 0 Å². The molecule has 0 bridgehead atoms. The van der Waals surface area contributed by atoms with Gasteiger partial charge in [0.2, 0.25) is 0 Å². The molecular weight excluding hydrogens is 596 g/mol. The van der Waals surface area contributed by atoms with Gasteiger partial charge >= 0.3 is 21.7 Å². The van der Waals surface area contributed by atoms with E-state index in [9.17, 15) is 0 Å². The van der Waals surface area contributed by atoms with Gasteiger partial charge in [-0.1, -0.05) is 234 Å². The number of aliphatic hydroxyl groups excluding tert-OH is 1. The van der Waals surface area contributed by atoms with Crippen molar-refractivity contribution in [1.82, 2.24) is 0 Å². The standard InChI is InChI=1S/2C16H34N.C10H22O.Ti/c2*1-3-5-7-9-11-13-15-17-16-14-12-10-8-6-4-2;1-2-3-4-5-6-7-8-9-10-11;/h2*3-16H2,1-2H3;11H,2-10H2,1H3;/q2*-1;;+2. The average molecular weight is 687 g/mol. The molecule has 0 fully saturated rings. The second-order valence-corrected chi connectivity index (χ2v) is 13.6. The van der Waals surface area contributed by atoms with Crippen LogP contribution in [0.1, 0.15) is 240 Å². The van der Waals surface area contributed by atoms with E-state index >= 15 is 0 Å². The number of hydrogen-bond donors (Lipinski definition) is 1. The fourth-order valence-electron chi connectivity index (χ4n) is 5.49. The second-order valence-electron chi connectivity index (χ2n) is 13.6. The maximum absolute atomic E-state index is 8.51. The van der Waals surface area contributed by atoms with Gasteiger partial charge in [0.1, 0.15) is 0 Å². The molecule has 0 rings (SSSR count). The van der Waals surface area contributed by atoms with Crippen LogP contribution in [-0.2, 0) is 21.7 Å². The van der Waals surface area contributed by atoms with E-state index in [0.29, 0.717) is 6.61 Å². The number of hydrogen-bond acceptors (Lipinski definition) is 1. The quantitative estimate of drug-likeness (QED) is 0.0517. The van der Waals surface area contributed by atoms with Crippen molar-refractivity contribution in [3.05, 3.63) is 10.6 Å². The third-order valence-corrected chi connectivity index (χ3v) is 8.69. The number of aliphatic hydroxyl groups is 1. The molecule has 0 aliphatic rings. The molecule has 1 N–H and O–H groups in total. The molecule has 0 aromatic heterocycles. The van der Waals surface area contributed by atoms with Crippen molar-refractivity contribution in [3.63, 3.8) is 0 Å². The Labute approximate surface area is 309 Å². The van der Waals surface area contributed by atoms with Gasteiger partial charge < -0.3 is 15.7 Å². The second kappa shape index (κ2) is 57.8. The van der Waals surface area contributed by atoms with Crippen LogP contribution in [0.3, 0.4) is 0 Å². The Balaban J connectivity index is -0.000000292. The Bertz CT molecular complexity index is 372. The van der Waals surface area contributed by atoms with Crippen LogP contribution in [0, 0.1) is 0 Å². The first-order valence-corrected chi connectivity index (χ1v) is 21.1. The molecule has 46 heavy (non-hydrogen) atoms. The molecule has 0 saturated carbocycles. The molecule has 0 atom stereocenters. The van der Waals surface area contributed by atoms with E-state index in [1.165, 1.54) is 199 Å². The molecule has 4 heteroatoms.